The Kier molecular flexibility index (Phi) is 6.08. The summed E-state index contributed by atoms with van der Waals surface area (Å²) in [5.74, 6) is 0.283. The van der Waals surface area contributed by atoms with E-state index in [-0.39, 0.29) is 5.91 Å². The zero-order valence-electron chi connectivity index (χ0n) is 21.2. The minimum absolute atomic E-state index is 0.0117. The first-order valence-corrected chi connectivity index (χ1v) is 13.0. The van der Waals surface area contributed by atoms with Crippen molar-refractivity contribution >= 4 is 39.2 Å². The Bertz CT molecular complexity index is 1580. The normalized spacial score (nSPS) is 14.1. The maximum absolute atomic E-state index is 12.2. The third-order valence-electron chi connectivity index (χ3n) is 6.97. The van der Waals surface area contributed by atoms with Gasteiger partial charge in [-0.3, -0.25) is 14.9 Å². The molecular weight excluding hydrogens is 462 g/mol. The average molecular weight is 494 g/mol. The maximum Gasteiger partial charge on any atom is 0.224 e. The van der Waals surface area contributed by atoms with Gasteiger partial charge in [-0.25, -0.2) is 4.98 Å². The standard InChI is InChI=1S/C29H31N7O/c1-18(2)11-27(37)32-21-12-19(15-30-17-21)20-13-23-28(34-35-29(23)31-16-20)25-14-22-24(33-25)7-6-8-26(22)36-9-4-3-5-10-36/h6-8,12-18,33H,3-5,9-11H2,1-2H3,(H,32,37)(H,31,34,35). The number of H-pyrrole nitrogens is 2. The summed E-state index contributed by atoms with van der Waals surface area (Å²) in [4.78, 5) is 27.3. The number of carbonyl (C=O) groups excluding carboxylic acids is 1. The zero-order valence-corrected chi connectivity index (χ0v) is 21.2. The second-order valence-corrected chi connectivity index (χ2v) is 10.3. The SMILES string of the molecule is CC(C)CC(=O)Nc1cncc(-c2cnc3n[nH]c(-c4cc5c(N6CCCCC6)cccc5[nH]4)c3c2)c1. The van der Waals surface area contributed by atoms with Gasteiger partial charge in [0.05, 0.1) is 23.3 Å². The van der Waals surface area contributed by atoms with Crippen molar-refractivity contribution in [1.29, 1.82) is 0 Å². The molecule has 0 radical (unpaired) electrons. The molecule has 1 amide bonds. The molecule has 3 N–H and O–H groups in total. The first-order valence-electron chi connectivity index (χ1n) is 13.0. The van der Waals surface area contributed by atoms with Crippen LogP contribution in [0, 0.1) is 5.92 Å². The molecular formula is C29H31N7O. The molecule has 0 atom stereocenters. The number of fused-ring (bicyclic) bond motifs is 2. The number of amides is 1. The van der Waals surface area contributed by atoms with Gasteiger partial charge < -0.3 is 15.2 Å². The zero-order chi connectivity index (χ0) is 25.4. The number of anilines is 2. The summed E-state index contributed by atoms with van der Waals surface area (Å²) in [6, 6.07) is 12.7. The van der Waals surface area contributed by atoms with Crippen molar-refractivity contribution < 1.29 is 4.79 Å². The van der Waals surface area contributed by atoms with E-state index >= 15 is 0 Å². The third kappa shape index (κ3) is 4.67. The first-order chi connectivity index (χ1) is 18.0. The molecule has 0 bridgehead atoms. The molecule has 1 fully saturated rings. The molecule has 6 rings (SSSR count). The highest BCUT2D eigenvalue weighted by molar-refractivity contribution is 6.00. The number of aromatic amines is 2. The summed E-state index contributed by atoms with van der Waals surface area (Å²) < 4.78 is 0. The van der Waals surface area contributed by atoms with Crippen LogP contribution < -0.4 is 10.2 Å². The van der Waals surface area contributed by atoms with Gasteiger partial charge in [0, 0.05) is 65.0 Å². The van der Waals surface area contributed by atoms with E-state index < -0.39 is 0 Å². The number of benzene rings is 1. The maximum atomic E-state index is 12.2. The highest BCUT2D eigenvalue weighted by atomic mass is 16.1. The van der Waals surface area contributed by atoms with E-state index in [1.165, 1.54) is 30.3 Å². The van der Waals surface area contributed by atoms with Crippen LogP contribution in [-0.2, 0) is 4.79 Å². The Morgan fingerprint density at radius 3 is 2.70 bits per heavy atom. The van der Waals surface area contributed by atoms with Crippen LogP contribution >= 0.6 is 0 Å². The minimum atomic E-state index is -0.0117. The Morgan fingerprint density at radius 2 is 1.86 bits per heavy atom. The molecule has 5 heterocycles. The fourth-order valence-corrected chi connectivity index (χ4v) is 5.20. The monoisotopic (exact) mass is 493 g/mol. The largest absolute Gasteiger partial charge is 0.371 e. The van der Waals surface area contributed by atoms with Crippen molar-refractivity contribution in [2.75, 3.05) is 23.3 Å². The molecule has 8 heteroatoms. The van der Waals surface area contributed by atoms with E-state index in [1.807, 2.05) is 19.9 Å². The van der Waals surface area contributed by atoms with Crippen LogP contribution in [0.15, 0.2) is 55.0 Å². The van der Waals surface area contributed by atoms with E-state index in [2.05, 4.69) is 65.7 Å². The van der Waals surface area contributed by atoms with Crippen LogP contribution in [0.3, 0.4) is 0 Å². The quantitative estimate of drug-likeness (QED) is 0.264. The predicted molar refractivity (Wildman–Crippen MR) is 149 cm³/mol. The molecule has 0 saturated carbocycles. The van der Waals surface area contributed by atoms with Gasteiger partial charge >= 0.3 is 0 Å². The molecule has 0 aliphatic carbocycles. The van der Waals surface area contributed by atoms with Gasteiger partial charge in [0.2, 0.25) is 5.91 Å². The number of rotatable bonds is 6. The van der Waals surface area contributed by atoms with E-state index in [1.54, 1.807) is 18.6 Å². The summed E-state index contributed by atoms with van der Waals surface area (Å²) in [6.07, 6.45) is 9.51. The van der Waals surface area contributed by atoms with Gasteiger partial charge in [-0.15, -0.1) is 0 Å². The highest BCUT2D eigenvalue weighted by Gasteiger charge is 2.18. The van der Waals surface area contributed by atoms with Crippen molar-refractivity contribution in [3.63, 3.8) is 0 Å². The van der Waals surface area contributed by atoms with E-state index in [0.717, 1.165) is 46.5 Å². The van der Waals surface area contributed by atoms with Gasteiger partial charge in [-0.1, -0.05) is 19.9 Å². The Hall–Kier alpha value is -4.20. The van der Waals surface area contributed by atoms with E-state index in [9.17, 15) is 4.79 Å². The van der Waals surface area contributed by atoms with E-state index in [4.69, 9.17) is 0 Å². The molecule has 4 aromatic heterocycles. The smallest absolute Gasteiger partial charge is 0.224 e. The fourth-order valence-electron chi connectivity index (χ4n) is 5.20. The lowest BCUT2D eigenvalue weighted by Gasteiger charge is -2.29. The third-order valence-corrected chi connectivity index (χ3v) is 6.97. The lowest BCUT2D eigenvalue weighted by atomic mass is 10.1. The highest BCUT2D eigenvalue weighted by Crippen LogP contribution is 2.35. The summed E-state index contributed by atoms with van der Waals surface area (Å²) in [5.41, 5.74) is 7.40. The number of pyridine rings is 2. The lowest BCUT2D eigenvalue weighted by Crippen LogP contribution is -2.29. The van der Waals surface area contributed by atoms with Crippen LogP contribution in [0.25, 0.3) is 44.5 Å². The molecule has 0 unspecified atom stereocenters. The molecule has 1 saturated heterocycles. The Morgan fingerprint density at radius 1 is 1.03 bits per heavy atom. The number of piperidine rings is 1. The molecule has 0 spiro atoms. The van der Waals surface area contributed by atoms with Crippen molar-refractivity contribution in [3.8, 4) is 22.5 Å². The average Bonchev–Trinajstić information content (AvgIpc) is 3.52. The molecule has 37 heavy (non-hydrogen) atoms. The summed E-state index contributed by atoms with van der Waals surface area (Å²) in [6.45, 7) is 6.26. The van der Waals surface area contributed by atoms with E-state index in [0.29, 0.717) is 23.7 Å². The summed E-state index contributed by atoms with van der Waals surface area (Å²) in [7, 11) is 0. The fraction of sp³-hybridized carbons (Fsp3) is 0.310. The summed E-state index contributed by atoms with van der Waals surface area (Å²) in [5, 5.41) is 12.8. The minimum Gasteiger partial charge on any atom is -0.371 e. The molecule has 8 nitrogen and oxygen atoms in total. The van der Waals surface area contributed by atoms with Gasteiger partial charge in [0.15, 0.2) is 5.65 Å². The van der Waals surface area contributed by atoms with Crippen LogP contribution in [0.1, 0.15) is 39.5 Å². The van der Waals surface area contributed by atoms with Gasteiger partial charge in [-0.2, -0.15) is 5.10 Å². The molecule has 188 valence electrons. The predicted octanol–water partition coefficient (Wildman–Crippen LogP) is 6.14. The number of hydrogen-bond acceptors (Lipinski definition) is 5. The molecule has 1 aromatic carbocycles. The second kappa shape index (κ2) is 9.69. The summed E-state index contributed by atoms with van der Waals surface area (Å²) >= 11 is 0. The Labute approximate surface area is 215 Å². The van der Waals surface area contributed by atoms with Gasteiger partial charge in [0.1, 0.15) is 0 Å². The van der Waals surface area contributed by atoms with Crippen LogP contribution in [0.5, 0.6) is 0 Å². The first kappa shape index (κ1) is 23.2. The van der Waals surface area contributed by atoms with Gasteiger partial charge in [0.25, 0.3) is 0 Å². The van der Waals surface area contributed by atoms with Crippen molar-refractivity contribution in [1.82, 2.24) is 25.1 Å². The number of hydrogen-bond donors (Lipinski definition) is 3. The molecule has 1 aliphatic heterocycles. The lowest BCUT2D eigenvalue weighted by molar-refractivity contribution is -0.116. The van der Waals surface area contributed by atoms with Crippen LogP contribution in [0.2, 0.25) is 0 Å². The topological polar surface area (TPSA) is 103 Å². The van der Waals surface area contributed by atoms with Crippen molar-refractivity contribution in [2.45, 2.75) is 39.5 Å². The second-order valence-electron chi connectivity index (χ2n) is 10.3. The number of nitrogens with zero attached hydrogens (tertiary/aromatic N) is 4. The van der Waals surface area contributed by atoms with Gasteiger partial charge in [-0.05, 0) is 55.5 Å². The van der Waals surface area contributed by atoms with Crippen LogP contribution in [0.4, 0.5) is 11.4 Å². The van der Waals surface area contributed by atoms with Crippen molar-refractivity contribution in [3.05, 3.63) is 55.0 Å². The molecule has 1 aliphatic rings. The molecule has 5 aromatic rings. The van der Waals surface area contributed by atoms with Crippen LogP contribution in [-0.4, -0.2) is 44.1 Å². The Balaban J connectivity index is 1.35. The number of nitrogens with one attached hydrogen (secondary N) is 3. The number of carbonyl (C=O) groups is 1. The number of aromatic nitrogens is 5. The van der Waals surface area contributed by atoms with Crippen molar-refractivity contribution in [2.24, 2.45) is 5.92 Å².